The van der Waals surface area contributed by atoms with E-state index in [0.717, 1.165) is 12.1 Å². The zero-order valence-electron chi connectivity index (χ0n) is 12.6. The number of aromatic nitrogens is 2. The molecule has 132 valence electrons. The molecular formula is C14H8N4O8. The van der Waals surface area contributed by atoms with Crippen LogP contribution >= 0.6 is 0 Å². The summed E-state index contributed by atoms with van der Waals surface area (Å²) in [7, 11) is 0. The highest BCUT2D eigenvalue weighted by atomic mass is 16.6. The fourth-order valence-electron chi connectivity index (χ4n) is 2.24. The molecule has 0 aliphatic rings. The lowest BCUT2D eigenvalue weighted by Crippen LogP contribution is -2.16. The number of carbonyl (C=O) groups is 3. The van der Waals surface area contributed by atoms with E-state index in [0.29, 0.717) is 4.68 Å². The first-order valence-electron chi connectivity index (χ1n) is 6.83. The number of fused-ring (bicyclic) bond motifs is 1. The van der Waals surface area contributed by atoms with Crippen LogP contribution in [-0.4, -0.2) is 42.9 Å². The molecular weight excluding hydrogens is 352 g/mol. The van der Waals surface area contributed by atoms with E-state index in [9.17, 15) is 24.5 Å². The van der Waals surface area contributed by atoms with E-state index < -0.39 is 40.2 Å². The second kappa shape index (κ2) is 6.01. The largest absolute Gasteiger partial charge is 0.475 e. The molecule has 0 bridgehead atoms. The third-order valence-electron chi connectivity index (χ3n) is 3.33. The number of anilines is 1. The van der Waals surface area contributed by atoms with Crippen molar-refractivity contribution >= 4 is 40.6 Å². The third-order valence-corrected chi connectivity index (χ3v) is 3.33. The molecule has 0 radical (unpaired) electrons. The molecule has 0 aliphatic heterocycles. The summed E-state index contributed by atoms with van der Waals surface area (Å²) < 4.78 is 5.43. The van der Waals surface area contributed by atoms with Crippen molar-refractivity contribution in [2.45, 2.75) is 0 Å². The topological polar surface area (TPSA) is 178 Å². The number of hydrogen-bond donors (Lipinski definition) is 3. The minimum absolute atomic E-state index is 0.201. The number of nitro benzene ring substituents is 1. The number of furan rings is 1. The molecule has 0 unspecified atom stereocenters. The standard InChI is InChI=1S/C14H8N4O8/c19-12(6-3-1-2-4-7(6)18(24)25)15-11-10-8(17(16-11)14(22)23)5-9(26-10)13(20)21/h1-5H,(H,20,21)(H,22,23)(H,15,16,19). The van der Waals surface area contributed by atoms with E-state index >= 15 is 0 Å². The molecule has 1 amide bonds. The average Bonchev–Trinajstić information content (AvgIpc) is 3.15. The number of para-hydroxylation sites is 1. The molecule has 0 aliphatic carbocycles. The number of rotatable bonds is 4. The second-order valence-electron chi connectivity index (χ2n) is 4.90. The van der Waals surface area contributed by atoms with Gasteiger partial charge in [-0.1, -0.05) is 12.1 Å². The van der Waals surface area contributed by atoms with E-state index in [1.807, 2.05) is 0 Å². The monoisotopic (exact) mass is 360 g/mol. The minimum atomic E-state index is -1.54. The summed E-state index contributed by atoms with van der Waals surface area (Å²) in [5.41, 5.74) is -1.25. The first-order chi connectivity index (χ1) is 12.3. The van der Waals surface area contributed by atoms with Crippen LogP contribution in [0.1, 0.15) is 20.9 Å². The number of carboxylic acid groups (broad SMARTS) is 2. The molecule has 0 saturated carbocycles. The van der Waals surface area contributed by atoms with Gasteiger partial charge in [-0.05, 0) is 6.07 Å². The predicted octanol–water partition coefficient (Wildman–Crippen LogP) is 2.01. The van der Waals surface area contributed by atoms with Crippen molar-refractivity contribution in [3.8, 4) is 0 Å². The molecule has 2 aromatic heterocycles. The highest BCUT2D eigenvalue weighted by Gasteiger charge is 2.26. The van der Waals surface area contributed by atoms with Crippen LogP contribution in [0.5, 0.6) is 0 Å². The Morgan fingerprint density at radius 1 is 1.23 bits per heavy atom. The minimum Gasteiger partial charge on any atom is -0.475 e. The molecule has 3 N–H and O–H groups in total. The lowest BCUT2D eigenvalue weighted by Gasteiger charge is -2.03. The summed E-state index contributed by atoms with van der Waals surface area (Å²) in [5, 5.41) is 34.9. The van der Waals surface area contributed by atoms with E-state index in [-0.39, 0.29) is 16.7 Å². The van der Waals surface area contributed by atoms with Crippen LogP contribution in [0.25, 0.3) is 11.1 Å². The molecule has 3 aromatic rings. The Morgan fingerprint density at radius 2 is 1.92 bits per heavy atom. The SMILES string of the molecule is O=C(O)c1cc2c(o1)c(NC(=O)c1ccccc1[N+](=O)[O-])nn2C(=O)O. The number of nitro groups is 1. The van der Waals surface area contributed by atoms with Crippen molar-refractivity contribution < 1.29 is 33.9 Å². The Labute approximate surface area is 142 Å². The molecule has 0 fully saturated rings. The van der Waals surface area contributed by atoms with Gasteiger partial charge in [-0.3, -0.25) is 14.9 Å². The molecule has 0 spiro atoms. The fraction of sp³-hybridized carbons (Fsp3) is 0. The molecule has 1 aromatic carbocycles. The number of nitrogens with one attached hydrogen (secondary N) is 1. The van der Waals surface area contributed by atoms with Gasteiger partial charge in [0.2, 0.25) is 5.76 Å². The molecule has 0 saturated heterocycles. The van der Waals surface area contributed by atoms with E-state index in [4.69, 9.17) is 14.6 Å². The third kappa shape index (κ3) is 2.71. The lowest BCUT2D eigenvalue weighted by molar-refractivity contribution is -0.385. The first kappa shape index (κ1) is 16.6. The number of aromatic carboxylic acids is 1. The van der Waals surface area contributed by atoms with E-state index in [1.54, 1.807) is 0 Å². The number of carbonyl (C=O) groups excluding carboxylic acids is 1. The highest BCUT2D eigenvalue weighted by molar-refractivity contribution is 6.10. The van der Waals surface area contributed by atoms with Gasteiger partial charge >= 0.3 is 12.1 Å². The van der Waals surface area contributed by atoms with Crippen LogP contribution < -0.4 is 5.32 Å². The smallest absolute Gasteiger partial charge is 0.432 e. The zero-order chi connectivity index (χ0) is 19.0. The summed E-state index contributed by atoms with van der Waals surface area (Å²) in [6.07, 6.45) is -1.54. The van der Waals surface area contributed by atoms with Crippen molar-refractivity contribution in [3.63, 3.8) is 0 Å². The molecule has 3 rings (SSSR count). The fourth-order valence-corrected chi connectivity index (χ4v) is 2.24. The maximum atomic E-state index is 12.3. The molecule has 12 nitrogen and oxygen atoms in total. The number of nitrogens with zero attached hydrogens (tertiary/aromatic N) is 3. The van der Waals surface area contributed by atoms with Crippen molar-refractivity contribution in [1.82, 2.24) is 9.78 Å². The molecule has 0 atom stereocenters. The Bertz CT molecular complexity index is 1080. The van der Waals surface area contributed by atoms with E-state index in [1.165, 1.54) is 18.2 Å². The summed E-state index contributed by atoms with van der Waals surface area (Å²) in [5.74, 6) is -3.34. The number of benzene rings is 1. The maximum Gasteiger partial charge on any atom is 0.432 e. The quantitative estimate of drug-likeness (QED) is 0.463. The van der Waals surface area contributed by atoms with Crippen LogP contribution in [0.2, 0.25) is 0 Å². The highest BCUT2D eigenvalue weighted by Crippen LogP contribution is 2.28. The normalized spacial score (nSPS) is 10.6. The molecule has 2 heterocycles. The summed E-state index contributed by atoms with van der Waals surface area (Å²) in [6, 6.07) is 6.03. The van der Waals surface area contributed by atoms with Crippen LogP contribution in [-0.2, 0) is 0 Å². The van der Waals surface area contributed by atoms with Gasteiger partial charge < -0.3 is 19.9 Å². The van der Waals surface area contributed by atoms with Gasteiger partial charge in [0.05, 0.1) is 4.92 Å². The number of carboxylic acids is 1. The van der Waals surface area contributed by atoms with Crippen molar-refractivity contribution in [2.24, 2.45) is 0 Å². The lowest BCUT2D eigenvalue weighted by atomic mass is 10.1. The van der Waals surface area contributed by atoms with Gasteiger partial charge in [0.1, 0.15) is 11.1 Å². The van der Waals surface area contributed by atoms with E-state index in [2.05, 4.69) is 10.4 Å². The van der Waals surface area contributed by atoms with Gasteiger partial charge in [-0.2, -0.15) is 4.68 Å². The van der Waals surface area contributed by atoms with Crippen molar-refractivity contribution in [1.29, 1.82) is 0 Å². The van der Waals surface area contributed by atoms with Crippen LogP contribution in [0.15, 0.2) is 34.7 Å². The first-order valence-corrected chi connectivity index (χ1v) is 6.83. The molecule has 26 heavy (non-hydrogen) atoms. The van der Waals surface area contributed by atoms with Crippen molar-refractivity contribution in [2.75, 3.05) is 5.32 Å². The van der Waals surface area contributed by atoms with Crippen LogP contribution in [0.4, 0.5) is 16.3 Å². The number of amides is 1. The summed E-state index contributed by atoms with van der Waals surface area (Å²) >= 11 is 0. The molecule has 12 heteroatoms. The van der Waals surface area contributed by atoms with Gasteiger partial charge in [-0.15, -0.1) is 5.10 Å². The van der Waals surface area contributed by atoms with Gasteiger partial charge in [-0.25, -0.2) is 9.59 Å². The summed E-state index contributed by atoms with van der Waals surface area (Å²) in [4.78, 5) is 44.8. The number of hydrogen-bond acceptors (Lipinski definition) is 7. The van der Waals surface area contributed by atoms with Crippen molar-refractivity contribution in [3.05, 3.63) is 51.8 Å². The summed E-state index contributed by atoms with van der Waals surface area (Å²) in [6.45, 7) is 0. The van der Waals surface area contributed by atoms with Gasteiger partial charge in [0.25, 0.3) is 11.6 Å². The Kier molecular flexibility index (Phi) is 3.84. The maximum absolute atomic E-state index is 12.3. The van der Waals surface area contributed by atoms with Gasteiger partial charge in [0, 0.05) is 12.1 Å². The van der Waals surface area contributed by atoms with Crippen LogP contribution in [0.3, 0.4) is 0 Å². The second-order valence-corrected chi connectivity index (χ2v) is 4.90. The Hall–Kier alpha value is -4.22. The zero-order valence-corrected chi connectivity index (χ0v) is 12.6. The average molecular weight is 360 g/mol. The Morgan fingerprint density at radius 3 is 2.54 bits per heavy atom. The van der Waals surface area contributed by atoms with Crippen LogP contribution in [0, 0.1) is 10.1 Å². The van der Waals surface area contributed by atoms with Gasteiger partial charge in [0.15, 0.2) is 11.4 Å². The predicted molar refractivity (Wildman–Crippen MR) is 83.4 cm³/mol. The Balaban J connectivity index is 2.06.